The lowest BCUT2D eigenvalue weighted by molar-refractivity contribution is -0.147. The van der Waals surface area contributed by atoms with Gasteiger partial charge in [0.05, 0.1) is 0 Å². The third kappa shape index (κ3) is 4.43. The molecule has 1 fully saturated rings. The SMILES string of the molecule is CC(C)NC1(C(=O)O)CCCC1CCN(C)C(C)C(C)C. The fourth-order valence-electron chi connectivity index (χ4n) is 3.59. The van der Waals surface area contributed by atoms with Gasteiger partial charge in [-0.05, 0) is 65.5 Å². The Hall–Kier alpha value is -0.610. The maximum Gasteiger partial charge on any atom is 0.324 e. The number of carboxylic acids is 1. The predicted molar refractivity (Wildman–Crippen MR) is 87.5 cm³/mol. The summed E-state index contributed by atoms with van der Waals surface area (Å²) in [4.78, 5) is 14.2. The number of nitrogens with zero attached hydrogens (tertiary/aromatic N) is 1. The molecule has 0 aromatic heterocycles. The summed E-state index contributed by atoms with van der Waals surface area (Å²) < 4.78 is 0. The lowest BCUT2D eigenvalue weighted by atomic mass is 9.83. The van der Waals surface area contributed by atoms with E-state index in [9.17, 15) is 9.90 Å². The summed E-state index contributed by atoms with van der Waals surface area (Å²) in [5.41, 5.74) is -0.712. The Bertz CT molecular complexity index is 344. The van der Waals surface area contributed by atoms with E-state index in [0.29, 0.717) is 12.0 Å². The van der Waals surface area contributed by atoms with Gasteiger partial charge in [0.25, 0.3) is 0 Å². The van der Waals surface area contributed by atoms with E-state index < -0.39 is 11.5 Å². The minimum atomic E-state index is -0.712. The predicted octanol–water partition coefficient (Wildman–Crippen LogP) is 2.97. The summed E-state index contributed by atoms with van der Waals surface area (Å²) in [7, 11) is 2.15. The molecule has 4 heteroatoms. The van der Waals surface area contributed by atoms with E-state index in [0.717, 1.165) is 32.2 Å². The zero-order chi connectivity index (χ0) is 16.2. The Morgan fingerprint density at radius 1 is 1.33 bits per heavy atom. The molecule has 0 aromatic rings. The van der Waals surface area contributed by atoms with Crippen LogP contribution in [-0.4, -0.2) is 47.2 Å². The first kappa shape index (κ1) is 18.4. The summed E-state index contributed by atoms with van der Waals surface area (Å²) in [5.74, 6) is 0.189. The molecule has 1 aliphatic rings. The van der Waals surface area contributed by atoms with Crippen molar-refractivity contribution >= 4 is 5.97 Å². The van der Waals surface area contributed by atoms with Crippen LogP contribution in [0.15, 0.2) is 0 Å². The maximum absolute atomic E-state index is 11.9. The lowest BCUT2D eigenvalue weighted by Gasteiger charge is -2.36. The summed E-state index contributed by atoms with van der Waals surface area (Å²) in [6, 6.07) is 0.734. The minimum absolute atomic E-state index is 0.203. The number of hydrogen-bond donors (Lipinski definition) is 2. The van der Waals surface area contributed by atoms with Gasteiger partial charge in [-0.3, -0.25) is 10.1 Å². The first-order chi connectivity index (χ1) is 9.70. The molecule has 4 nitrogen and oxygen atoms in total. The lowest BCUT2D eigenvalue weighted by Crippen LogP contribution is -2.57. The second-order valence-corrected chi connectivity index (χ2v) is 7.42. The van der Waals surface area contributed by atoms with Crippen molar-refractivity contribution in [2.24, 2.45) is 11.8 Å². The van der Waals surface area contributed by atoms with Gasteiger partial charge in [-0.1, -0.05) is 20.3 Å². The summed E-state index contributed by atoms with van der Waals surface area (Å²) in [6.45, 7) is 11.8. The molecule has 0 bridgehead atoms. The first-order valence-electron chi connectivity index (χ1n) is 8.42. The largest absolute Gasteiger partial charge is 0.480 e. The van der Waals surface area contributed by atoms with Gasteiger partial charge in [0.1, 0.15) is 5.54 Å². The van der Waals surface area contributed by atoms with Crippen molar-refractivity contribution in [1.82, 2.24) is 10.2 Å². The molecule has 0 amide bonds. The van der Waals surface area contributed by atoms with Crippen molar-refractivity contribution in [3.05, 3.63) is 0 Å². The normalized spacial score (nSPS) is 27.8. The summed E-state index contributed by atoms with van der Waals surface area (Å²) >= 11 is 0. The van der Waals surface area contributed by atoms with Gasteiger partial charge < -0.3 is 10.0 Å². The Labute approximate surface area is 130 Å². The molecule has 0 radical (unpaired) electrons. The number of carboxylic acid groups (broad SMARTS) is 1. The molecule has 2 N–H and O–H groups in total. The average molecular weight is 298 g/mol. The maximum atomic E-state index is 11.9. The van der Waals surface area contributed by atoms with Crippen LogP contribution in [-0.2, 0) is 4.79 Å². The van der Waals surface area contributed by atoms with Gasteiger partial charge in [0.2, 0.25) is 0 Å². The monoisotopic (exact) mass is 298 g/mol. The molecule has 1 aliphatic carbocycles. The molecule has 0 spiro atoms. The van der Waals surface area contributed by atoms with E-state index >= 15 is 0 Å². The highest BCUT2D eigenvalue weighted by atomic mass is 16.4. The van der Waals surface area contributed by atoms with Gasteiger partial charge in [-0.15, -0.1) is 0 Å². The van der Waals surface area contributed by atoms with Crippen LogP contribution in [0.4, 0.5) is 0 Å². The highest BCUT2D eigenvalue weighted by Gasteiger charge is 2.49. The molecule has 0 aromatic carbocycles. The minimum Gasteiger partial charge on any atom is -0.480 e. The van der Waals surface area contributed by atoms with Crippen molar-refractivity contribution in [3.8, 4) is 0 Å². The molecule has 1 rings (SSSR count). The van der Waals surface area contributed by atoms with Crippen LogP contribution in [0.2, 0.25) is 0 Å². The molecular weight excluding hydrogens is 264 g/mol. The van der Waals surface area contributed by atoms with E-state index in [1.54, 1.807) is 0 Å². The number of carbonyl (C=O) groups is 1. The van der Waals surface area contributed by atoms with E-state index in [1.165, 1.54) is 0 Å². The van der Waals surface area contributed by atoms with Gasteiger partial charge in [0, 0.05) is 12.1 Å². The van der Waals surface area contributed by atoms with Gasteiger partial charge >= 0.3 is 5.97 Å². The van der Waals surface area contributed by atoms with E-state index in [1.807, 2.05) is 13.8 Å². The van der Waals surface area contributed by atoms with Gasteiger partial charge in [-0.25, -0.2) is 0 Å². The highest BCUT2D eigenvalue weighted by Crippen LogP contribution is 2.39. The third-order valence-electron chi connectivity index (χ3n) is 5.24. The fourth-order valence-corrected chi connectivity index (χ4v) is 3.59. The van der Waals surface area contributed by atoms with Crippen LogP contribution in [0, 0.1) is 11.8 Å². The third-order valence-corrected chi connectivity index (χ3v) is 5.24. The van der Waals surface area contributed by atoms with E-state index in [2.05, 4.69) is 38.0 Å². The molecule has 124 valence electrons. The molecular formula is C17H34N2O2. The standard InChI is InChI=1S/C17H34N2O2/c1-12(2)14(5)19(6)11-9-15-8-7-10-17(15,16(20)21)18-13(3)4/h12-15,18H,7-11H2,1-6H3,(H,20,21). The quantitative estimate of drug-likeness (QED) is 0.723. The molecule has 3 atom stereocenters. The van der Waals surface area contributed by atoms with Crippen molar-refractivity contribution in [2.75, 3.05) is 13.6 Å². The summed E-state index contributed by atoms with van der Waals surface area (Å²) in [5, 5.41) is 13.1. The van der Waals surface area contributed by atoms with Gasteiger partial charge in [-0.2, -0.15) is 0 Å². The highest BCUT2D eigenvalue weighted by molar-refractivity contribution is 5.79. The van der Waals surface area contributed by atoms with Crippen LogP contribution in [0.25, 0.3) is 0 Å². The number of hydrogen-bond acceptors (Lipinski definition) is 3. The molecule has 0 heterocycles. The second kappa shape index (κ2) is 7.59. The average Bonchev–Trinajstić information content (AvgIpc) is 2.78. The molecule has 21 heavy (non-hydrogen) atoms. The Kier molecular flexibility index (Phi) is 6.67. The van der Waals surface area contributed by atoms with Crippen molar-refractivity contribution in [3.63, 3.8) is 0 Å². The van der Waals surface area contributed by atoms with Crippen molar-refractivity contribution in [1.29, 1.82) is 0 Å². The number of rotatable bonds is 8. The Morgan fingerprint density at radius 2 is 1.95 bits per heavy atom. The Balaban J connectivity index is 2.69. The molecule has 1 saturated carbocycles. The topological polar surface area (TPSA) is 52.6 Å². The smallest absolute Gasteiger partial charge is 0.324 e. The zero-order valence-corrected chi connectivity index (χ0v) is 14.6. The molecule has 3 unspecified atom stereocenters. The van der Waals surface area contributed by atoms with Crippen LogP contribution in [0.1, 0.15) is 60.3 Å². The fraction of sp³-hybridized carbons (Fsp3) is 0.941. The van der Waals surface area contributed by atoms with Crippen molar-refractivity contribution in [2.45, 2.75) is 77.9 Å². The van der Waals surface area contributed by atoms with E-state index in [-0.39, 0.29) is 12.0 Å². The second-order valence-electron chi connectivity index (χ2n) is 7.42. The number of aliphatic carboxylic acids is 1. The van der Waals surface area contributed by atoms with Crippen molar-refractivity contribution < 1.29 is 9.90 Å². The summed E-state index contributed by atoms with van der Waals surface area (Å²) in [6.07, 6.45) is 3.75. The van der Waals surface area contributed by atoms with Crippen LogP contribution < -0.4 is 5.32 Å². The van der Waals surface area contributed by atoms with E-state index in [4.69, 9.17) is 0 Å². The van der Waals surface area contributed by atoms with Crippen LogP contribution >= 0.6 is 0 Å². The van der Waals surface area contributed by atoms with Gasteiger partial charge in [0.15, 0.2) is 0 Å². The Morgan fingerprint density at radius 3 is 2.43 bits per heavy atom. The number of nitrogens with one attached hydrogen (secondary N) is 1. The molecule has 0 aliphatic heterocycles. The zero-order valence-electron chi connectivity index (χ0n) is 14.6. The van der Waals surface area contributed by atoms with Crippen LogP contribution in [0.3, 0.4) is 0 Å². The molecule has 0 saturated heterocycles. The first-order valence-corrected chi connectivity index (χ1v) is 8.42. The van der Waals surface area contributed by atoms with Crippen LogP contribution in [0.5, 0.6) is 0 Å².